The second-order valence-corrected chi connectivity index (χ2v) is 5.43. The lowest BCUT2D eigenvalue weighted by Crippen LogP contribution is -2.16. The first-order valence-electron chi connectivity index (χ1n) is 7.63. The molecule has 0 atom stereocenters. The van der Waals surface area contributed by atoms with Crippen LogP contribution in [-0.4, -0.2) is 22.7 Å². The van der Waals surface area contributed by atoms with Gasteiger partial charge in [-0.15, -0.1) is 26.3 Å². The van der Waals surface area contributed by atoms with Gasteiger partial charge in [-0.25, -0.2) is 9.97 Å². The summed E-state index contributed by atoms with van der Waals surface area (Å²) in [6.45, 7) is 0. The Labute approximate surface area is 154 Å². The molecule has 0 fully saturated rings. The molecular weight excluding hydrogens is 390 g/mol. The molecule has 0 aliphatic heterocycles. The fourth-order valence-electron chi connectivity index (χ4n) is 2.33. The molecule has 0 N–H and O–H groups in total. The van der Waals surface area contributed by atoms with Crippen molar-refractivity contribution in [3.63, 3.8) is 0 Å². The summed E-state index contributed by atoms with van der Waals surface area (Å²) in [5.41, 5.74) is 1.85. The Balaban J connectivity index is 1.80. The molecule has 0 saturated carbocycles. The predicted octanol–water partition coefficient (Wildman–Crippen LogP) is 5.61. The summed E-state index contributed by atoms with van der Waals surface area (Å²) < 4.78 is 80.9. The van der Waals surface area contributed by atoms with Crippen molar-refractivity contribution in [1.82, 2.24) is 9.97 Å². The Bertz CT molecular complexity index is 863. The van der Waals surface area contributed by atoms with Crippen molar-refractivity contribution in [3.8, 4) is 34.0 Å². The molecule has 28 heavy (non-hydrogen) atoms. The maximum Gasteiger partial charge on any atom is 0.573 e. The predicted molar refractivity (Wildman–Crippen MR) is 86.3 cm³/mol. The topological polar surface area (TPSA) is 44.2 Å². The Morgan fingerprint density at radius 2 is 0.929 bits per heavy atom. The van der Waals surface area contributed by atoms with Gasteiger partial charge < -0.3 is 9.47 Å². The third kappa shape index (κ3) is 5.35. The SMILES string of the molecule is FC(F)(F)Oc1ccc(-c2cc(-c3ccc(OC(F)(F)F)cc3)ncn2)cc1. The molecule has 4 nitrogen and oxygen atoms in total. The number of ether oxygens (including phenoxy) is 2. The average Bonchev–Trinajstić information content (AvgIpc) is 2.60. The van der Waals surface area contributed by atoms with Gasteiger partial charge in [0.2, 0.25) is 0 Å². The van der Waals surface area contributed by atoms with E-state index in [1.807, 2.05) is 0 Å². The monoisotopic (exact) mass is 400 g/mol. The van der Waals surface area contributed by atoms with Gasteiger partial charge in [0.05, 0.1) is 11.4 Å². The third-order valence-corrected chi connectivity index (χ3v) is 3.43. The van der Waals surface area contributed by atoms with Crippen molar-refractivity contribution >= 4 is 0 Å². The first-order chi connectivity index (χ1) is 13.1. The van der Waals surface area contributed by atoms with E-state index < -0.39 is 12.7 Å². The molecule has 1 heterocycles. The number of benzene rings is 2. The fourth-order valence-corrected chi connectivity index (χ4v) is 2.33. The van der Waals surface area contributed by atoms with E-state index in [4.69, 9.17) is 0 Å². The minimum atomic E-state index is -4.79. The summed E-state index contributed by atoms with van der Waals surface area (Å²) in [6, 6.07) is 11.7. The number of hydrogen-bond acceptors (Lipinski definition) is 4. The van der Waals surface area contributed by atoms with E-state index in [1.165, 1.54) is 30.6 Å². The number of rotatable bonds is 4. The van der Waals surface area contributed by atoms with Crippen molar-refractivity contribution in [2.75, 3.05) is 0 Å². The van der Waals surface area contributed by atoms with E-state index in [2.05, 4.69) is 19.4 Å². The second kappa shape index (κ2) is 7.37. The molecule has 0 amide bonds. The van der Waals surface area contributed by atoms with Gasteiger partial charge >= 0.3 is 12.7 Å². The van der Waals surface area contributed by atoms with Crippen LogP contribution in [-0.2, 0) is 0 Å². The van der Waals surface area contributed by atoms with Crippen LogP contribution in [0, 0.1) is 0 Å². The molecule has 146 valence electrons. The molecule has 0 radical (unpaired) electrons. The largest absolute Gasteiger partial charge is 0.573 e. The van der Waals surface area contributed by atoms with E-state index in [0.29, 0.717) is 22.5 Å². The Hall–Kier alpha value is -3.30. The van der Waals surface area contributed by atoms with Gasteiger partial charge in [-0.05, 0) is 54.6 Å². The number of hydrogen-bond donors (Lipinski definition) is 0. The molecule has 3 rings (SSSR count). The van der Waals surface area contributed by atoms with Crippen LogP contribution in [0.25, 0.3) is 22.5 Å². The number of halogens is 6. The smallest absolute Gasteiger partial charge is 0.406 e. The zero-order chi connectivity index (χ0) is 20.4. The normalized spacial score (nSPS) is 11.9. The molecule has 1 aromatic heterocycles. The molecule has 0 aliphatic carbocycles. The first kappa shape index (κ1) is 19.5. The molecule has 3 aromatic rings. The fraction of sp³-hybridized carbons (Fsp3) is 0.111. The van der Waals surface area contributed by atoms with Gasteiger partial charge in [0.1, 0.15) is 17.8 Å². The molecular formula is C18H10F6N2O2. The lowest BCUT2D eigenvalue weighted by molar-refractivity contribution is -0.275. The Morgan fingerprint density at radius 1 is 0.571 bits per heavy atom. The highest BCUT2D eigenvalue weighted by Gasteiger charge is 2.31. The van der Waals surface area contributed by atoms with Crippen LogP contribution in [0.1, 0.15) is 0 Å². The highest BCUT2D eigenvalue weighted by Crippen LogP contribution is 2.29. The van der Waals surface area contributed by atoms with E-state index in [9.17, 15) is 26.3 Å². The number of alkyl halides is 6. The standard InChI is InChI=1S/C18H10F6N2O2/c19-17(20,21)27-13-5-1-11(2-6-13)15-9-16(26-10-25-15)12-3-7-14(8-4-12)28-18(22,23)24/h1-10H. The molecule has 10 heteroatoms. The average molecular weight is 400 g/mol. The van der Waals surface area contributed by atoms with Crippen LogP contribution >= 0.6 is 0 Å². The van der Waals surface area contributed by atoms with Gasteiger partial charge in [-0.3, -0.25) is 0 Å². The van der Waals surface area contributed by atoms with Crippen molar-refractivity contribution in [2.45, 2.75) is 12.7 Å². The van der Waals surface area contributed by atoms with Gasteiger partial charge in [0, 0.05) is 11.1 Å². The van der Waals surface area contributed by atoms with Crippen LogP contribution in [0.3, 0.4) is 0 Å². The van der Waals surface area contributed by atoms with E-state index in [-0.39, 0.29) is 11.5 Å². The van der Waals surface area contributed by atoms with Gasteiger partial charge in [0.25, 0.3) is 0 Å². The van der Waals surface area contributed by atoms with Crippen molar-refractivity contribution in [2.24, 2.45) is 0 Å². The molecule has 0 unspecified atom stereocenters. The summed E-state index contributed by atoms with van der Waals surface area (Å²) in [5, 5.41) is 0. The van der Waals surface area contributed by atoms with Crippen molar-refractivity contribution in [3.05, 3.63) is 60.9 Å². The summed E-state index contributed by atoms with van der Waals surface area (Å²) in [7, 11) is 0. The lowest BCUT2D eigenvalue weighted by Gasteiger charge is -2.10. The van der Waals surface area contributed by atoms with Gasteiger partial charge in [0.15, 0.2) is 0 Å². The van der Waals surface area contributed by atoms with Crippen molar-refractivity contribution in [1.29, 1.82) is 0 Å². The van der Waals surface area contributed by atoms with E-state index in [0.717, 1.165) is 24.3 Å². The van der Waals surface area contributed by atoms with Crippen LogP contribution in [0.15, 0.2) is 60.9 Å². The lowest BCUT2D eigenvalue weighted by atomic mass is 10.1. The summed E-state index contributed by atoms with van der Waals surface area (Å²) >= 11 is 0. The minimum absolute atomic E-state index is 0.370. The van der Waals surface area contributed by atoms with Crippen LogP contribution in [0.2, 0.25) is 0 Å². The summed E-state index contributed by atoms with van der Waals surface area (Å²) in [5.74, 6) is -0.739. The Kier molecular flexibility index (Phi) is 5.12. The van der Waals surface area contributed by atoms with Crippen molar-refractivity contribution < 1.29 is 35.8 Å². The van der Waals surface area contributed by atoms with Crippen LogP contribution < -0.4 is 9.47 Å². The second-order valence-electron chi connectivity index (χ2n) is 5.43. The maximum absolute atomic E-state index is 12.2. The zero-order valence-electron chi connectivity index (χ0n) is 13.8. The van der Waals surface area contributed by atoms with Gasteiger partial charge in [-0.2, -0.15) is 0 Å². The van der Waals surface area contributed by atoms with Gasteiger partial charge in [-0.1, -0.05) is 0 Å². The summed E-state index contributed by atoms with van der Waals surface area (Å²) in [6.07, 6.45) is -8.33. The molecule has 0 saturated heterocycles. The first-order valence-corrected chi connectivity index (χ1v) is 7.63. The maximum atomic E-state index is 12.2. The highest BCUT2D eigenvalue weighted by molar-refractivity contribution is 5.68. The molecule has 2 aromatic carbocycles. The quantitative estimate of drug-likeness (QED) is 0.534. The number of nitrogens with zero attached hydrogens (tertiary/aromatic N) is 2. The molecule has 0 spiro atoms. The summed E-state index contributed by atoms with van der Waals surface area (Å²) in [4.78, 5) is 8.12. The molecule has 0 bridgehead atoms. The van der Waals surface area contributed by atoms with E-state index in [1.54, 1.807) is 6.07 Å². The Morgan fingerprint density at radius 3 is 1.25 bits per heavy atom. The highest BCUT2D eigenvalue weighted by atomic mass is 19.4. The van der Waals surface area contributed by atoms with E-state index >= 15 is 0 Å². The third-order valence-electron chi connectivity index (χ3n) is 3.43. The molecule has 0 aliphatic rings. The number of aromatic nitrogens is 2. The minimum Gasteiger partial charge on any atom is -0.406 e. The zero-order valence-corrected chi connectivity index (χ0v) is 13.8. The van der Waals surface area contributed by atoms with Crippen LogP contribution in [0.4, 0.5) is 26.3 Å². The van der Waals surface area contributed by atoms with Crippen LogP contribution in [0.5, 0.6) is 11.5 Å².